The van der Waals surface area contributed by atoms with E-state index in [-0.39, 0.29) is 0 Å². The average Bonchev–Trinajstić information content (AvgIpc) is 3.15. The van der Waals surface area contributed by atoms with Crippen molar-refractivity contribution in [2.24, 2.45) is 11.8 Å². The smallest absolute Gasteiger partial charge is 0.0309 e. The lowest BCUT2D eigenvalue weighted by Crippen LogP contribution is -2.65. The summed E-state index contributed by atoms with van der Waals surface area (Å²) >= 11 is 1.90. The van der Waals surface area contributed by atoms with Crippen LogP contribution in [-0.2, 0) is 6.42 Å². The predicted octanol–water partition coefficient (Wildman–Crippen LogP) is 3.39. The summed E-state index contributed by atoms with van der Waals surface area (Å²) < 4.78 is 0. The van der Waals surface area contributed by atoms with E-state index in [4.69, 9.17) is 0 Å². The fourth-order valence-electron chi connectivity index (χ4n) is 3.67. The lowest BCUT2D eigenvalue weighted by atomic mass is 9.88. The third kappa shape index (κ3) is 3.10. The predicted molar refractivity (Wildman–Crippen MR) is 87.4 cm³/mol. The normalized spacial score (nSPS) is 31.9. The molecule has 2 atom stereocenters. The van der Waals surface area contributed by atoms with Crippen molar-refractivity contribution in [1.82, 2.24) is 10.2 Å². The molecule has 0 radical (unpaired) electrons. The van der Waals surface area contributed by atoms with E-state index in [2.05, 4.69) is 48.5 Å². The summed E-state index contributed by atoms with van der Waals surface area (Å²) in [4.78, 5) is 4.29. The molecule has 0 aromatic carbocycles. The van der Waals surface area contributed by atoms with Crippen LogP contribution < -0.4 is 5.32 Å². The SMILES string of the molecule is CC(C)C1CNC(C)(C2CC2)CN1CCc1cccs1. The molecular formula is C17H28N2S. The van der Waals surface area contributed by atoms with Crippen molar-refractivity contribution in [3.63, 3.8) is 0 Å². The Kier molecular flexibility index (Phi) is 4.21. The molecule has 20 heavy (non-hydrogen) atoms. The molecule has 1 aliphatic carbocycles. The second kappa shape index (κ2) is 5.78. The van der Waals surface area contributed by atoms with E-state index in [1.807, 2.05) is 11.3 Å². The Morgan fingerprint density at radius 2 is 2.25 bits per heavy atom. The van der Waals surface area contributed by atoms with Crippen LogP contribution >= 0.6 is 11.3 Å². The fourth-order valence-corrected chi connectivity index (χ4v) is 4.36. The first-order valence-electron chi connectivity index (χ1n) is 8.10. The third-order valence-electron chi connectivity index (χ3n) is 5.19. The molecule has 112 valence electrons. The molecule has 1 saturated heterocycles. The van der Waals surface area contributed by atoms with Crippen molar-refractivity contribution in [3.8, 4) is 0 Å². The minimum atomic E-state index is 0.362. The van der Waals surface area contributed by atoms with Gasteiger partial charge in [0.2, 0.25) is 0 Å². The van der Waals surface area contributed by atoms with Gasteiger partial charge in [0, 0.05) is 36.1 Å². The number of piperazine rings is 1. The summed E-state index contributed by atoms with van der Waals surface area (Å²) in [6.45, 7) is 10.8. The Labute approximate surface area is 127 Å². The standard InChI is InChI=1S/C17H28N2S/c1-13(2)16-11-18-17(3,14-6-7-14)12-19(16)9-8-15-5-4-10-20-15/h4-5,10,13-14,16,18H,6-9,11-12H2,1-3H3. The van der Waals surface area contributed by atoms with E-state index >= 15 is 0 Å². The van der Waals surface area contributed by atoms with Gasteiger partial charge in [-0.05, 0) is 49.5 Å². The largest absolute Gasteiger partial charge is 0.308 e. The molecule has 2 aliphatic rings. The molecular weight excluding hydrogens is 264 g/mol. The first kappa shape index (κ1) is 14.6. The summed E-state index contributed by atoms with van der Waals surface area (Å²) in [5, 5.41) is 6.07. The van der Waals surface area contributed by atoms with E-state index in [9.17, 15) is 0 Å². The van der Waals surface area contributed by atoms with Crippen LogP contribution in [0.5, 0.6) is 0 Å². The molecule has 2 fully saturated rings. The highest BCUT2D eigenvalue weighted by Crippen LogP contribution is 2.41. The van der Waals surface area contributed by atoms with Crippen LogP contribution in [0.2, 0.25) is 0 Å². The van der Waals surface area contributed by atoms with Gasteiger partial charge < -0.3 is 5.32 Å². The highest BCUT2D eigenvalue weighted by molar-refractivity contribution is 7.09. The first-order chi connectivity index (χ1) is 9.58. The van der Waals surface area contributed by atoms with Gasteiger partial charge in [-0.3, -0.25) is 4.90 Å². The van der Waals surface area contributed by atoms with Gasteiger partial charge in [-0.2, -0.15) is 0 Å². The van der Waals surface area contributed by atoms with Crippen molar-refractivity contribution in [2.45, 2.75) is 51.6 Å². The second-order valence-electron chi connectivity index (χ2n) is 7.18. The molecule has 0 spiro atoms. The van der Waals surface area contributed by atoms with Crippen LogP contribution in [0.3, 0.4) is 0 Å². The van der Waals surface area contributed by atoms with Crippen LogP contribution in [0.1, 0.15) is 38.5 Å². The number of rotatable bonds is 5. The number of nitrogens with zero attached hydrogens (tertiary/aromatic N) is 1. The van der Waals surface area contributed by atoms with Crippen LogP contribution in [0.4, 0.5) is 0 Å². The minimum Gasteiger partial charge on any atom is -0.308 e. The quantitative estimate of drug-likeness (QED) is 0.895. The molecule has 1 aromatic rings. The van der Waals surface area contributed by atoms with Crippen molar-refractivity contribution in [3.05, 3.63) is 22.4 Å². The van der Waals surface area contributed by atoms with Gasteiger partial charge in [-0.1, -0.05) is 19.9 Å². The van der Waals surface area contributed by atoms with Gasteiger partial charge >= 0.3 is 0 Å². The van der Waals surface area contributed by atoms with Crippen LogP contribution in [0, 0.1) is 11.8 Å². The van der Waals surface area contributed by atoms with Crippen molar-refractivity contribution < 1.29 is 0 Å². The molecule has 0 bridgehead atoms. The molecule has 0 amide bonds. The Balaban J connectivity index is 1.65. The Hall–Kier alpha value is -0.380. The monoisotopic (exact) mass is 292 g/mol. The van der Waals surface area contributed by atoms with E-state index in [0.29, 0.717) is 11.6 Å². The van der Waals surface area contributed by atoms with Crippen molar-refractivity contribution in [1.29, 1.82) is 0 Å². The summed E-state index contributed by atoms with van der Waals surface area (Å²) in [7, 11) is 0. The highest BCUT2D eigenvalue weighted by Gasteiger charge is 2.46. The van der Waals surface area contributed by atoms with Gasteiger partial charge in [0.05, 0.1) is 0 Å². The number of hydrogen-bond acceptors (Lipinski definition) is 3. The second-order valence-corrected chi connectivity index (χ2v) is 8.22. The van der Waals surface area contributed by atoms with E-state index in [0.717, 1.165) is 18.4 Å². The van der Waals surface area contributed by atoms with Gasteiger partial charge in [-0.25, -0.2) is 0 Å². The lowest BCUT2D eigenvalue weighted by Gasteiger charge is -2.48. The van der Waals surface area contributed by atoms with Crippen LogP contribution in [0.25, 0.3) is 0 Å². The number of nitrogens with one attached hydrogen (secondary N) is 1. The molecule has 3 heteroatoms. The molecule has 3 rings (SSSR count). The third-order valence-corrected chi connectivity index (χ3v) is 6.13. The average molecular weight is 292 g/mol. The maximum absolute atomic E-state index is 3.87. The maximum Gasteiger partial charge on any atom is 0.0309 e. The molecule has 2 heterocycles. The molecule has 2 unspecified atom stereocenters. The zero-order valence-corrected chi connectivity index (χ0v) is 13.9. The minimum absolute atomic E-state index is 0.362. The number of hydrogen-bond donors (Lipinski definition) is 1. The molecule has 1 N–H and O–H groups in total. The van der Waals surface area contributed by atoms with Gasteiger partial charge in [0.25, 0.3) is 0 Å². The van der Waals surface area contributed by atoms with Gasteiger partial charge in [0.1, 0.15) is 0 Å². The topological polar surface area (TPSA) is 15.3 Å². The maximum atomic E-state index is 3.87. The van der Waals surface area contributed by atoms with Crippen molar-refractivity contribution >= 4 is 11.3 Å². The summed E-state index contributed by atoms with van der Waals surface area (Å²) in [6.07, 6.45) is 4.06. The van der Waals surface area contributed by atoms with Gasteiger partial charge in [0.15, 0.2) is 0 Å². The summed E-state index contributed by atoms with van der Waals surface area (Å²) in [6, 6.07) is 5.14. The van der Waals surface area contributed by atoms with E-state index in [1.165, 1.54) is 37.2 Å². The highest BCUT2D eigenvalue weighted by atomic mass is 32.1. The first-order valence-corrected chi connectivity index (χ1v) is 8.98. The fraction of sp³-hybridized carbons (Fsp3) is 0.765. The van der Waals surface area contributed by atoms with Crippen LogP contribution in [-0.4, -0.2) is 36.1 Å². The molecule has 2 nitrogen and oxygen atoms in total. The molecule has 1 aliphatic heterocycles. The number of thiophene rings is 1. The van der Waals surface area contributed by atoms with Crippen LogP contribution in [0.15, 0.2) is 17.5 Å². The molecule has 1 aromatic heterocycles. The Morgan fingerprint density at radius 3 is 2.85 bits per heavy atom. The Morgan fingerprint density at radius 1 is 1.45 bits per heavy atom. The summed E-state index contributed by atoms with van der Waals surface area (Å²) in [5.41, 5.74) is 0.362. The molecule has 1 saturated carbocycles. The van der Waals surface area contributed by atoms with E-state index in [1.54, 1.807) is 0 Å². The van der Waals surface area contributed by atoms with Crippen molar-refractivity contribution in [2.75, 3.05) is 19.6 Å². The van der Waals surface area contributed by atoms with E-state index < -0.39 is 0 Å². The zero-order valence-electron chi connectivity index (χ0n) is 13.1. The zero-order chi connectivity index (χ0) is 14.2. The lowest BCUT2D eigenvalue weighted by molar-refractivity contribution is 0.0536. The van der Waals surface area contributed by atoms with Gasteiger partial charge in [-0.15, -0.1) is 11.3 Å². The summed E-state index contributed by atoms with van der Waals surface area (Å²) in [5.74, 6) is 1.65. The Bertz CT molecular complexity index is 424.